The van der Waals surface area contributed by atoms with Gasteiger partial charge in [0.05, 0.1) is 30.5 Å². The van der Waals surface area contributed by atoms with Crippen molar-refractivity contribution in [3.8, 4) is 5.75 Å². The number of alkyl halides is 3. The van der Waals surface area contributed by atoms with Crippen molar-refractivity contribution >= 4 is 46.4 Å². The number of amides is 3. The van der Waals surface area contributed by atoms with E-state index in [-0.39, 0.29) is 23.7 Å². The quantitative estimate of drug-likeness (QED) is 0.377. The zero-order chi connectivity index (χ0) is 27.6. The van der Waals surface area contributed by atoms with Crippen molar-refractivity contribution in [3.63, 3.8) is 0 Å². The molecule has 0 fully saturated rings. The molecule has 3 aromatic rings. The van der Waals surface area contributed by atoms with Crippen LogP contribution in [-0.2, 0) is 27.0 Å². The topological polar surface area (TPSA) is 87.7 Å². The lowest BCUT2D eigenvalue weighted by molar-refractivity contribution is -0.137. The van der Waals surface area contributed by atoms with Crippen LogP contribution in [0, 0.1) is 6.92 Å². The van der Waals surface area contributed by atoms with Crippen LogP contribution in [-0.4, -0.2) is 24.8 Å². The van der Waals surface area contributed by atoms with Gasteiger partial charge in [0.15, 0.2) is 0 Å². The number of rotatable bonds is 7. The average Bonchev–Trinajstić information content (AvgIpc) is 3.07. The first kappa shape index (κ1) is 26.7. The van der Waals surface area contributed by atoms with Crippen LogP contribution in [0.1, 0.15) is 16.7 Å². The summed E-state index contributed by atoms with van der Waals surface area (Å²) < 4.78 is 44.5. The molecule has 2 N–H and O–H groups in total. The van der Waals surface area contributed by atoms with Crippen molar-refractivity contribution in [3.05, 3.63) is 94.1 Å². The number of hydrogen-bond acceptors (Lipinski definition) is 5. The number of nitrogens with one attached hydrogen (secondary N) is 2. The molecule has 0 radical (unpaired) electrons. The maximum absolute atomic E-state index is 13.1. The van der Waals surface area contributed by atoms with Crippen molar-refractivity contribution in [2.45, 2.75) is 19.5 Å². The summed E-state index contributed by atoms with van der Waals surface area (Å²) in [4.78, 5) is 38.6. The van der Waals surface area contributed by atoms with Gasteiger partial charge in [0.25, 0.3) is 11.8 Å². The third-order valence-electron chi connectivity index (χ3n) is 5.68. The molecular formula is C27H21ClF3N3O4. The van der Waals surface area contributed by atoms with Crippen molar-refractivity contribution in [1.29, 1.82) is 0 Å². The monoisotopic (exact) mass is 543 g/mol. The van der Waals surface area contributed by atoms with E-state index >= 15 is 0 Å². The lowest BCUT2D eigenvalue weighted by Gasteiger charge is -2.17. The highest BCUT2D eigenvalue weighted by Gasteiger charge is 2.40. The number of nitrogens with zero attached hydrogens (tertiary/aromatic N) is 1. The molecule has 1 aliphatic heterocycles. The zero-order valence-corrected chi connectivity index (χ0v) is 20.9. The van der Waals surface area contributed by atoms with E-state index in [4.69, 9.17) is 16.3 Å². The molecular weight excluding hydrogens is 523 g/mol. The van der Waals surface area contributed by atoms with Gasteiger partial charge in [0.1, 0.15) is 16.5 Å². The predicted molar refractivity (Wildman–Crippen MR) is 137 cm³/mol. The Morgan fingerprint density at radius 3 is 2.37 bits per heavy atom. The van der Waals surface area contributed by atoms with Gasteiger partial charge in [-0.3, -0.25) is 14.4 Å². The number of benzene rings is 3. The molecule has 3 aromatic carbocycles. The van der Waals surface area contributed by atoms with E-state index in [0.717, 1.165) is 17.7 Å². The largest absolute Gasteiger partial charge is 0.495 e. The molecule has 0 atom stereocenters. The van der Waals surface area contributed by atoms with E-state index in [2.05, 4.69) is 10.6 Å². The minimum absolute atomic E-state index is 0.0571. The van der Waals surface area contributed by atoms with Crippen LogP contribution in [0.3, 0.4) is 0 Å². The van der Waals surface area contributed by atoms with Gasteiger partial charge in [-0.2, -0.15) is 13.2 Å². The molecule has 1 heterocycles. The normalized spacial score (nSPS) is 13.7. The molecule has 0 bridgehead atoms. The zero-order valence-electron chi connectivity index (χ0n) is 20.2. The molecule has 38 heavy (non-hydrogen) atoms. The molecule has 3 amide bonds. The highest BCUT2D eigenvalue weighted by atomic mass is 35.5. The van der Waals surface area contributed by atoms with Gasteiger partial charge in [-0.05, 0) is 60.5 Å². The van der Waals surface area contributed by atoms with E-state index in [1.807, 2.05) is 13.0 Å². The molecule has 11 heteroatoms. The smallest absolute Gasteiger partial charge is 0.416 e. The third kappa shape index (κ3) is 5.65. The maximum Gasteiger partial charge on any atom is 0.416 e. The fourth-order valence-corrected chi connectivity index (χ4v) is 4.03. The van der Waals surface area contributed by atoms with Gasteiger partial charge >= 0.3 is 6.18 Å². The van der Waals surface area contributed by atoms with Gasteiger partial charge in [0.2, 0.25) is 5.91 Å². The van der Waals surface area contributed by atoms with Crippen molar-refractivity contribution < 1.29 is 32.3 Å². The molecule has 4 rings (SSSR count). The van der Waals surface area contributed by atoms with Crippen LogP contribution in [0.25, 0.3) is 0 Å². The molecule has 0 saturated heterocycles. The fourth-order valence-electron chi connectivity index (χ4n) is 3.82. The number of ether oxygens (including phenoxy) is 1. The van der Waals surface area contributed by atoms with E-state index in [9.17, 15) is 27.6 Å². The Morgan fingerprint density at radius 2 is 1.71 bits per heavy atom. The molecule has 0 aliphatic carbocycles. The minimum Gasteiger partial charge on any atom is -0.495 e. The number of hydrogen-bond donors (Lipinski definition) is 2. The molecule has 0 aromatic heterocycles. The summed E-state index contributed by atoms with van der Waals surface area (Å²) in [6, 6.07) is 15.7. The molecule has 7 nitrogen and oxygen atoms in total. The third-order valence-corrected chi connectivity index (χ3v) is 6.03. The Kier molecular flexibility index (Phi) is 7.45. The number of aryl methyl sites for hydroxylation is 1. The molecule has 0 saturated carbocycles. The Labute approximate surface area is 220 Å². The highest BCUT2D eigenvalue weighted by molar-refractivity contribution is 6.53. The second-order valence-electron chi connectivity index (χ2n) is 8.43. The standard InChI is InChI=1S/C27H21ClF3N3O4/c1-15-6-11-21(38-2)20(12-15)33-22(35)13-16-7-9-18(10-8-16)32-24-23(28)25(36)34(26(24)37)19-5-3-4-17(14-19)27(29,30)31/h3-12,14,32H,13H2,1-2H3,(H,33,35). The molecule has 1 aliphatic rings. The Bertz CT molecular complexity index is 1450. The number of anilines is 3. The first-order chi connectivity index (χ1) is 18.0. The van der Waals surface area contributed by atoms with Gasteiger partial charge in [-0.15, -0.1) is 0 Å². The van der Waals surface area contributed by atoms with Crippen LogP contribution in [0.5, 0.6) is 5.75 Å². The van der Waals surface area contributed by atoms with Gasteiger partial charge in [-0.1, -0.05) is 35.9 Å². The van der Waals surface area contributed by atoms with Crippen molar-refractivity contribution in [2.24, 2.45) is 0 Å². The highest BCUT2D eigenvalue weighted by Crippen LogP contribution is 2.35. The van der Waals surface area contributed by atoms with Crippen molar-refractivity contribution in [2.75, 3.05) is 22.6 Å². The second-order valence-corrected chi connectivity index (χ2v) is 8.81. The van der Waals surface area contributed by atoms with Gasteiger partial charge < -0.3 is 15.4 Å². The molecule has 196 valence electrons. The summed E-state index contributed by atoms with van der Waals surface area (Å²) in [7, 11) is 1.51. The van der Waals surface area contributed by atoms with Crippen LogP contribution >= 0.6 is 11.6 Å². The maximum atomic E-state index is 13.1. The summed E-state index contributed by atoms with van der Waals surface area (Å²) in [6.45, 7) is 1.89. The number of halogens is 4. The first-order valence-electron chi connectivity index (χ1n) is 11.2. The van der Waals surface area contributed by atoms with E-state index in [1.165, 1.54) is 13.2 Å². The van der Waals surface area contributed by atoms with Crippen LogP contribution in [0.4, 0.5) is 30.2 Å². The van der Waals surface area contributed by atoms with Crippen LogP contribution < -0.4 is 20.3 Å². The summed E-state index contributed by atoms with van der Waals surface area (Å²) >= 11 is 6.08. The van der Waals surface area contributed by atoms with Gasteiger partial charge in [0, 0.05) is 5.69 Å². The second kappa shape index (κ2) is 10.6. The summed E-state index contributed by atoms with van der Waals surface area (Å²) in [5.74, 6) is -1.58. The van der Waals surface area contributed by atoms with Crippen molar-refractivity contribution in [1.82, 2.24) is 0 Å². The first-order valence-corrected chi connectivity index (χ1v) is 11.6. The molecule has 0 unspecified atom stereocenters. The van der Waals surface area contributed by atoms with E-state index in [1.54, 1.807) is 36.4 Å². The predicted octanol–water partition coefficient (Wildman–Crippen LogP) is 5.64. The van der Waals surface area contributed by atoms with Gasteiger partial charge in [-0.25, -0.2) is 4.90 Å². The Hall–Kier alpha value is -4.31. The summed E-state index contributed by atoms with van der Waals surface area (Å²) in [5.41, 5.74) is 1.02. The SMILES string of the molecule is COc1ccc(C)cc1NC(=O)Cc1ccc(NC2=C(Cl)C(=O)N(c3cccc(C(F)(F)F)c3)C2=O)cc1. The van der Waals surface area contributed by atoms with E-state index in [0.29, 0.717) is 33.7 Å². The number of methoxy groups -OCH3 is 1. The lowest BCUT2D eigenvalue weighted by Crippen LogP contribution is -2.32. The lowest BCUT2D eigenvalue weighted by atomic mass is 10.1. The Morgan fingerprint density at radius 1 is 1.00 bits per heavy atom. The average molecular weight is 544 g/mol. The molecule has 0 spiro atoms. The Balaban J connectivity index is 1.44. The fraction of sp³-hybridized carbons (Fsp3) is 0.148. The number of imide groups is 1. The number of carbonyl (C=O) groups is 3. The summed E-state index contributed by atoms with van der Waals surface area (Å²) in [6.07, 6.45) is -4.59. The van der Waals surface area contributed by atoms with Crippen LogP contribution in [0.2, 0.25) is 0 Å². The van der Waals surface area contributed by atoms with E-state index < -0.39 is 28.6 Å². The minimum atomic E-state index is -4.65. The summed E-state index contributed by atoms with van der Waals surface area (Å²) in [5, 5.41) is 5.11. The number of carbonyl (C=O) groups excluding carboxylic acids is 3. The van der Waals surface area contributed by atoms with Crippen LogP contribution in [0.15, 0.2) is 77.5 Å².